The van der Waals surface area contributed by atoms with E-state index >= 15 is 0 Å². The summed E-state index contributed by atoms with van der Waals surface area (Å²) in [4.78, 5) is 22.2. The quantitative estimate of drug-likeness (QED) is 0.456. The van der Waals surface area contributed by atoms with Crippen molar-refractivity contribution in [3.8, 4) is 5.75 Å². The highest BCUT2D eigenvalue weighted by atomic mass is 35.5. The largest absolute Gasteiger partial charge is 0.494 e. The van der Waals surface area contributed by atoms with Crippen molar-refractivity contribution in [2.45, 2.75) is 13.8 Å². The Morgan fingerprint density at radius 1 is 1.31 bits per heavy atom. The molecule has 1 amide bonds. The third-order valence-corrected chi connectivity index (χ3v) is 6.59. The van der Waals surface area contributed by atoms with Crippen molar-refractivity contribution in [3.63, 3.8) is 0 Å². The first kappa shape index (κ1) is 22.4. The molecule has 1 aliphatic rings. The zero-order valence-electron chi connectivity index (χ0n) is 17.9. The molecule has 1 saturated heterocycles. The first-order valence-electron chi connectivity index (χ1n) is 9.98. The Bertz CT molecular complexity index is 1200. The van der Waals surface area contributed by atoms with E-state index in [-0.39, 0.29) is 5.41 Å². The summed E-state index contributed by atoms with van der Waals surface area (Å²) in [6.45, 7) is 5.74. The van der Waals surface area contributed by atoms with E-state index in [0.29, 0.717) is 44.7 Å². The number of benzene rings is 2. The van der Waals surface area contributed by atoms with Crippen molar-refractivity contribution in [1.29, 1.82) is 0 Å². The number of nitrogens with one attached hydrogen (secondary N) is 2. The van der Waals surface area contributed by atoms with Crippen molar-refractivity contribution in [2.24, 2.45) is 5.41 Å². The second-order valence-corrected chi connectivity index (χ2v) is 8.99. The maximum absolute atomic E-state index is 12.2. The van der Waals surface area contributed by atoms with Gasteiger partial charge in [0.2, 0.25) is 0 Å². The topological polar surface area (TPSA) is 99.6 Å². The first-order chi connectivity index (χ1) is 15.2. The number of amides is 1. The number of rotatable bonds is 6. The molecular formula is C22H23Cl2N5O3. The zero-order chi connectivity index (χ0) is 23.0. The lowest BCUT2D eigenvalue weighted by molar-refractivity contribution is 0.177. The number of halogens is 2. The molecule has 2 aromatic carbocycles. The van der Waals surface area contributed by atoms with Crippen LogP contribution < -0.4 is 20.3 Å². The van der Waals surface area contributed by atoms with Gasteiger partial charge in [-0.3, -0.25) is 4.90 Å². The molecule has 3 N–H and O–H groups in total. The lowest BCUT2D eigenvalue weighted by atomic mass is 9.83. The fourth-order valence-electron chi connectivity index (χ4n) is 3.76. The number of aromatic nitrogens is 2. The van der Waals surface area contributed by atoms with E-state index in [1.54, 1.807) is 18.2 Å². The van der Waals surface area contributed by atoms with Crippen molar-refractivity contribution in [1.82, 2.24) is 15.3 Å². The van der Waals surface area contributed by atoms with Crippen LogP contribution in [0.2, 0.25) is 10.0 Å². The zero-order valence-corrected chi connectivity index (χ0v) is 19.4. The predicted octanol–water partition coefficient (Wildman–Crippen LogP) is 5.09. The molecule has 8 nitrogen and oxygen atoms in total. The third kappa shape index (κ3) is 4.13. The number of ether oxygens (including phenoxy) is 1. The minimum Gasteiger partial charge on any atom is -0.494 e. The van der Waals surface area contributed by atoms with Gasteiger partial charge in [0, 0.05) is 42.2 Å². The summed E-state index contributed by atoms with van der Waals surface area (Å²) in [5.41, 5.74) is 2.41. The number of methoxy groups -OCH3 is 1. The monoisotopic (exact) mass is 475 g/mol. The molecule has 2 heterocycles. The Morgan fingerprint density at radius 3 is 2.69 bits per heavy atom. The van der Waals surface area contributed by atoms with Gasteiger partial charge >= 0.3 is 6.09 Å². The summed E-state index contributed by atoms with van der Waals surface area (Å²) >= 11 is 12.4. The summed E-state index contributed by atoms with van der Waals surface area (Å²) in [7, 11) is 1.51. The Kier molecular flexibility index (Phi) is 6.03. The number of fused-ring (bicyclic) bond motifs is 1. The van der Waals surface area contributed by atoms with Gasteiger partial charge in [-0.1, -0.05) is 30.1 Å². The molecule has 32 heavy (non-hydrogen) atoms. The maximum Gasteiger partial charge on any atom is 0.411 e. The Hall–Kier alpha value is -2.81. The van der Waals surface area contributed by atoms with Gasteiger partial charge in [-0.25, -0.2) is 14.8 Å². The Labute approximate surface area is 195 Å². The molecule has 3 aromatic rings. The number of anilines is 3. The number of nitrogens with zero attached hydrogens (tertiary/aromatic N) is 3. The number of hydrogen-bond acceptors (Lipinski definition) is 6. The highest BCUT2D eigenvalue weighted by Gasteiger charge is 2.36. The van der Waals surface area contributed by atoms with Gasteiger partial charge in [0.1, 0.15) is 17.9 Å². The van der Waals surface area contributed by atoms with Gasteiger partial charge in [0.25, 0.3) is 0 Å². The molecule has 0 spiro atoms. The van der Waals surface area contributed by atoms with E-state index in [2.05, 4.69) is 27.5 Å². The Morgan fingerprint density at radius 2 is 2.06 bits per heavy atom. The van der Waals surface area contributed by atoms with Gasteiger partial charge in [-0.2, -0.15) is 0 Å². The lowest BCUT2D eigenvalue weighted by Crippen LogP contribution is -2.57. The van der Waals surface area contributed by atoms with Gasteiger partial charge in [0.15, 0.2) is 0 Å². The van der Waals surface area contributed by atoms with E-state index in [1.165, 1.54) is 18.3 Å². The highest BCUT2D eigenvalue weighted by molar-refractivity contribution is 6.42. The van der Waals surface area contributed by atoms with Gasteiger partial charge in [-0.15, -0.1) is 0 Å². The molecule has 168 valence electrons. The van der Waals surface area contributed by atoms with E-state index < -0.39 is 6.09 Å². The van der Waals surface area contributed by atoms with E-state index in [0.717, 1.165) is 24.3 Å². The molecular weight excluding hydrogens is 453 g/mol. The smallest absolute Gasteiger partial charge is 0.411 e. The lowest BCUT2D eigenvalue weighted by Gasteiger charge is -2.42. The average molecular weight is 476 g/mol. The molecule has 4 rings (SSSR count). The fraction of sp³-hybridized carbons (Fsp3) is 0.318. The summed E-state index contributed by atoms with van der Waals surface area (Å²) in [6, 6.07) is 6.98. The minimum absolute atomic E-state index is 0.149. The average Bonchev–Trinajstić information content (AvgIpc) is 2.75. The van der Waals surface area contributed by atoms with E-state index in [1.807, 2.05) is 13.0 Å². The van der Waals surface area contributed by atoms with Crippen molar-refractivity contribution in [3.05, 3.63) is 46.2 Å². The van der Waals surface area contributed by atoms with Crippen LogP contribution in [-0.2, 0) is 0 Å². The molecule has 1 aliphatic heterocycles. The van der Waals surface area contributed by atoms with Gasteiger partial charge < -0.3 is 20.5 Å². The van der Waals surface area contributed by atoms with Gasteiger partial charge in [0.05, 0.1) is 28.4 Å². The van der Waals surface area contributed by atoms with Crippen LogP contribution in [0.25, 0.3) is 10.9 Å². The van der Waals surface area contributed by atoms with Crippen LogP contribution in [-0.4, -0.2) is 47.9 Å². The molecule has 1 aromatic heterocycles. The van der Waals surface area contributed by atoms with Crippen molar-refractivity contribution < 1.29 is 14.6 Å². The molecule has 0 bridgehead atoms. The van der Waals surface area contributed by atoms with Crippen LogP contribution in [0.15, 0.2) is 30.6 Å². The van der Waals surface area contributed by atoms with Crippen LogP contribution in [0, 0.1) is 12.3 Å². The van der Waals surface area contributed by atoms with Crippen LogP contribution in [0.3, 0.4) is 0 Å². The van der Waals surface area contributed by atoms with E-state index in [9.17, 15) is 9.90 Å². The van der Waals surface area contributed by atoms with Crippen LogP contribution in [0.1, 0.15) is 12.5 Å². The highest BCUT2D eigenvalue weighted by Crippen LogP contribution is 2.38. The molecule has 1 fully saturated rings. The summed E-state index contributed by atoms with van der Waals surface area (Å²) in [6.07, 6.45) is 0.384. The van der Waals surface area contributed by atoms with Crippen molar-refractivity contribution >= 4 is 57.4 Å². The second-order valence-electron chi connectivity index (χ2n) is 8.21. The first-order valence-corrected chi connectivity index (χ1v) is 10.7. The van der Waals surface area contributed by atoms with E-state index in [4.69, 9.17) is 27.9 Å². The number of carbonyl (C=O) groups is 1. The minimum atomic E-state index is -1.05. The molecule has 0 radical (unpaired) electrons. The Balaban J connectivity index is 1.81. The fourth-order valence-corrected chi connectivity index (χ4v) is 4.13. The van der Waals surface area contributed by atoms with Crippen molar-refractivity contribution in [2.75, 3.05) is 37.0 Å². The summed E-state index contributed by atoms with van der Waals surface area (Å²) in [5, 5.41) is 18.0. The summed E-state index contributed by atoms with van der Waals surface area (Å²) < 4.78 is 5.52. The van der Waals surface area contributed by atoms with Crippen LogP contribution in [0.4, 0.5) is 22.0 Å². The molecule has 0 saturated carbocycles. The SMILES string of the molecule is COc1cc2ncnc(Nc3ccc(Cl)c(Cl)c3C)c2cc1N(CC1(C)CNC1)C(=O)O. The predicted molar refractivity (Wildman–Crippen MR) is 127 cm³/mol. The molecule has 0 atom stereocenters. The standard InChI is InChI=1S/C22H23Cl2N5O3/c1-12-15(5-4-14(23)19(12)24)28-20-13-6-17(18(32-3)7-16(13)26-11-27-20)29(21(30)31)10-22(2)8-25-9-22/h4-7,11,25H,8-10H2,1-3H3,(H,30,31)(H,26,27,28). The van der Waals surface area contributed by atoms with Gasteiger partial charge in [-0.05, 0) is 30.7 Å². The normalized spacial score (nSPS) is 14.7. The molecule has 0 aliphatic carbocycles. The number of carboxylic acid groups (broad SMARTS) is 1. The maximum atomic E-state index is 12.2. The third-order valence-electron chi connectivity index (χ3n) is 5.69. The van der Waals surface area contributed by atoms with Crippen LogP contribution in [0.5, 0.6) is 5.75 Å². The van der Waals surface area contributed by atoms with Crippen LogP contribution >= 0.6 is 23.2 Å². The number of hydrogen-bond donors (Lipinski definition) is 3. The molecule has 10 heteroatoms. The second kappa shape index (κ2) is 8.61. The summed E-state index contributed by atoms with van der Waals surface area (Å²) in [5.74, 6) is 0.938. The molecule has 0 unspecified atom stereocenters.